The molecule has 2 N–H and O–H groups in total. The van der Waals surface area contributed by atoms with Gasteiger partial charge in [0.2, 0.25) is 0 Å². The van der Waals surface area contributed by atoms with Gasteiger partial charge < -0.3 is 10.6 Å². The van der Waals surface area contributed by atoms with Crippen molar-refractivity contribution in [2.24, 2.45) is 7.05 Å². The summed E-state index contributed by atoms with van der Waals surface area (Å²) in [4.78, 5) is 17.5. The van der Waals surface area contributed by atoms with Crippen LogP contribution in [-0.4, -0.2) is 40.3 Å². The summed E-state index contributed by atoms with van der Waals surface area (Å²) in [7, 11) is 1.85. The molecule has 0 aliphatic rings. The highest BCUT2D eigenvalue weighted by Gasteiger charge is 2.18. The number of carbonyl (C=O) groups excluding carboxylic acids is 1. The number of fused-ring (bicyclic) bond motifs is 1. The molecule has 130 valence electrons. The first-order valence-corrected chi connectivity index (χ1v) is 8.50. The van der Waals surface area contributed by atoms with Crippen LogP contribution in [0.15, 0.2) is 36.4 Å². The monoisotopic (exact) mass is 337 g/mol. The highest BCUT2D eigenvalue weighted by Crippen LogP contribution is 2.26. The van der Waals surface area contributed by atoms with Gasteiger partial charge in [0.05, 0.1) is 22.3 Å². The van der Waals surface area contributed by atoms with E-state index in [1.807, 2.05) is 57.3 Å². The molecule has 0 saturated carbocycles. The van der Waals surface area contributed by atoms with Crippen molar-refractivity contribution in [3.63, 3.8) is 0 Å². The number of hydrogen-bond donors (Lipinski definition) is 2. The Morgan fingerprint density at radius 3 is 2.68 bits per heavy atom. The molecule has 1 amide bonds. The van der Waals surface area contributed by atoms with Crippen LogP contribution in [-0.2, 0) is 7.05 Å². The Morgan fingerprint density at radius 1 is 1.20 bits per heavy atom. The molecule has 6 heteroatoms. The van der Waals surface area contributed by atoms with E-state index in [4.69, 9.17) is 4.98 Å². The quantitative estimate of drug-likeness (QED) is 0.677. The molecule has 0 bridgehead atoms. The molecule has 1 aromatic carbocycles. The number of rotatable bonds is 6. The SMILES string of the molecule is CCNCCNC(=O)c1cc(-c2ccccc2)nc2c1c(C)nn2C. The molecule has 0 spiro atoms. The fourth-order valence-electron chi connectivity index (χ4n) is 2.92. The van der Waals surface area contributed by atoms with Crippen LogP contribution in [0.25, 0.3) is 22.3 Å². The van der Waals surface area contributed by atoms with Crippen LogP contribution in [0.2, 0.25) is 0 Å². The van der Waals surface area contributed by atoms with Gasteiger partial charge in [0.15, 0.2) is 5.65 Å². The van der Waals surface area contributed by atoms with Crippen molar-refractivity contribution >= 4 is 16.9 Å². The molecule has 2 aromatic heterocycles. The van der Waals surface area contributed by atoms with Gasteiger partial charge in [0.1, 0.15) is 0 Å². The average Bonchev–Trinajstić information content (AvgIpc) is 2.93. The van der Waals surface area contributed by atoms with Crippen LogP contribution in [0.1, 0.15) is 23.0 Å². The van der Waals surface area contributed by atoms with Gasteiger partial charge in [-0.05, 0) is 19.5 Å². The number of carbonyl (C=O) groups is 1. The predicted octanol–water partition coefficient (Wildman–Crippen LogP) is 2.28. The molecule has 0 atom stereocenters. The van der Waals surface area contributed by atoms with Gasteiger partial charge in [0.25, 0.3) is 5.91 Å². The van der Waals surface area contributed by atoms with E-state index in [0.717, 1.165) is 41.1 Å². The van der Waals surface area contributed by atoms with Crippen molar-refractivity contribution in [3.05, 3.63) is 47.7 Å². The molecule has 3 rings (SSSR count). The van der Waals surface area contributed by atoms with E-state index in [1.54, 1.807) is 4.68 Å². The topological polar surface area (TPSA) is 71.8 Å². The lowest BCUT2D eigenvalue weighted by Crippen LogP contribution is -2.31. The van der Waals surface area contributed by atoms with Gasteiger partial charge in [-0.2, -0.15) is 5.10 Å². The summed E-state index contributed by atoms with van der Waals surface area (Å²) in [5.41, 5.74) is 3.89. The van der Waals surface area contributed by atoms with Crippen LogP contribution in [0.3, 0.4) is 0 Å². The summed E-state index contributed by atoms with van der Waals surface area (Å²) in [5, 5.41) is 11.4. The van der Waals surface area contributed by atoms with E-state index >= 15 is 0 Å². The molecule has 0 fully saturated rings. The van der Waals surface area contributed by atoms with Crippen molar-refractivity contribution in [1.82, 2.24) is 25.4 Å². The minimum Gasteiger partial charge on any atom is -0.351 e. The van der Waals surface area contributed by atoms with Gasteiger partial charge >= 0.3 is 0 Å². The van der Waals surface area contributed by atoms with Crippen LogP contribution < -0.4 is 10.6 Å². The number of nitrogens with zero attached hydrogens (tertiary/aromatic N) is 3. The molecule has 2 heterocycles. The summed E-state index contributed by atoms with van der Waals surface area (Å²) < 4.78 is 1.73. The standard InChI is InChI=1S/C19H23N5O/c1-4-20-10-11-21-19(25)15-12-16(14-8-6-5-7-9-14)22-18-17(15)13(2)23-24(18)3/h5-9,12,20H,4,10-11H2,1-3H3,(H,21,25). The Labute approximate surface area is 147 Å². The van der Waals surface area contributed by atoms with Crippen molar-refractivity contribution in [3.8, 4) is 11.3 Å². The van der Waals surface area contributed by atoms with Crippen LogP contribution in [0.5, 0.6) is 0 Å². The zero-order valence-corrected chi connectivity index (χ0v) is 14.8. The van der Waals surface area contributed by atoms with Gasteiger partial charge in [-0.15, -0.1) is 0 Å². The molecule has 3 aromatic rings. The minimum atomic E-state index is -0.0985. The summed E-state index contributed by atoms with van der Waals surface area (Å²) in [6.07, 6.45) is 0. The third kappa shape index (κ3) is 3.53. The van der Waals surface area contributed by atoms with E-state index in [0.29, 0.717) is 12.1 Å². The average molecular weight is 337 g/mol. The van der Waals surface area contributed by atoms with Crippen LogP contribution in [0, 0.1) is 6.92 Å². The number of pyridine rings is 1. The van der Waals surface area contributed by atoms with E-state index in [-0.39, 0.29) is 5.91 Å². The van der Waals surface area contributed by atoms with Gasteiger partial charge in [-0.3, -0.25) is 9.48 Å². The second-order valence-corrected chi connectivity index (χ2v) is 5.94. The smallest absolute Gasteiger partial charge is 0.252 e. The third-order valence-electron chi connectivity index (χ3n) is 4.12. The van der Waals surface area contributed by atoms with Crippen molar-refractivity contribution in [1.29, 1.82) is 0 Å². The van der Waals surface area contributed by atoms with Gasteiger partial charge in [-0.25, -0.2) is 4.98 Å². The van der Waals surface area contributed by atoms with E-state index in [1.165, 1.54) is 0 Å². The fraction of sp³-hybridized carbons (Fsp3) is 0.316. The number of nitrogens with one attached hydrogen (secondary N) is 2. The minimum absolute atomic E-state index is 0.0985. The summed E-state index contributed by atoms with van der Waals surface area (Å²) in [6, 6.07) is 11.7. The Bertz CT molecular complexity index is 886. The molecule has 0 unspecified atom stereocenters. The molecule has 6 nitrogen and oxygen atoms in total. The maximum atomic E-state index is 12.8. The number of likely N-dealkylation sites (N-methyl/N-ethyl adjacent to an activating group) is 1. The molecule has 0 saturated heterocycles. The first-order valence-electron chi connectivity index (χ1n) is 8.50. The molecule has 0 radical (unpaired) electrons. The number of aryl methyl sites for hydroxylation is 2. The van der Waals surface area contributed by atoms with Gasteiger partial charge in [0, 0.05) is 25.7 Å². The number of benzene rings is 1. The van der Waals surface area contributed by atoms with Crippen LogP contribution >= 0.6 is 0 Å². The molecule has 25 heavy (non-hydrogen) atoms. The van der Waals surface area contributed by atoms with Crippen LogP contribution in [0.4, 0.5) is 0 Å². The van der Waals surface area contributed by atoms with Crippen molar-refractivity contribution < 1.29 is 4.79 Å². The maximum Gasteiger partial charge on any atom is 0.252 e. The summed E-state index contributed by atoms with van der Waals surface area (Å²) in [6.45, 7) is 6.15. The molecule has 0 aliphatic carbocycles. The third-order valence-corrected chi connectivity index (χ3v) is 4.12. The van der Waals surface area contributed by atoms with E-state index in [2.05, 4.69) is 15.7 Å². The van der Waals surface area contributed by atoms with Gasteiger partial charge in [-0.1, -0.05) is 37.3 Å². The summed E-state index contributed by atoms with van der Waals surface area (Å²) >= 11 is 0. The zero-order valence-electron chi connectivity index (χ0n) is 14.8. The Hall–Kier alpha value is -2.73. The van der Waals surface area contributed by atoms with E-state index < -0.39 is 0 Å². The van der Waals surface area contributed by atoms with Crippen molar-refractivity contribution in [2.45, 2.75) is 13.8 Å². The highest BCUT2D eigenvalue weighted by atomic mass is 16.1. The zero-order chi connectivity index (χ0) is 17.8. The largest absolute Gasteiger partial charge is 0.351 e. The number of aromatic nitrogens is 3. The predicted molar refractivity (Wildman–Crippen MR) is 99.6 cm³/mol. The summed E-state index contributed by atoms with van der Waals surface area (Å²) in [5.74, 6) is -0.0985. The lowest BCUT2D eigenvalue weighted by Gasteiger charge is -2.09. The van der Waals surface area contributed by atoms with E-state index in [9.17, 15) is 4.79 Å². The molecular formula is C19H23N5O. The lowest BCUT2D eigenvalue weighted by atomic mass is 10.0. The highest BCUT2D eigenvalue weighted by molar-refractivity contribution is 6.07. The number of hydrogen-bond acceptors (Lipinski definition) is 4. The normalized spacial score (nSPS) is 11.0. The Kier molecular flexibility index (Phi) is 5.09. The second-order valence-electron chi connectivity index (χ2n) is 5.94. The Balaban J connectivity index is 2.04. The Morgan fingerprint density at radius 2 is 1.96 bits per heavy atom. The molecule has 0 aliphatic heterocycles. The fourth-order valence-corrected chi connectivity index (χ4v) is 2.92. The molecular weight excluding hydrogens is 314 g/mol. The number of amides is 1. The maximum absolute atomic E-state index is 12.8. The first kappa shape index (κ1) is 17.1. The second kappa shape index (κ2) is 7.44. The lowest BCUT2D eigenvalue weighted by molar-refractivity contribution is 0.0955. The van der Waals surface area contributed by atoms with Crippen molar-refractivity contribution in [2.75, 3.05) is 19.6 Å². The first-order chi connectivity index (χ1) is 12.1.